The SMILES string of the molecule is Cc1nc(NS(=O)(=O)c2ccc(C(N)=S)s2)sc1C. The van der Waals surface area contributed by atoms with Crippen LogP contribution in [0.15, 0.2) is 16.3 Å². The van der Waals surface area contributed by atoms with E-state index in [-0.39, 0.29) is 9.20 Å². The Kier molecular flexibility index (Phi) is 3.90. The molecule has 2 rings (SSSR count). The van der Waals surface area contributed by atoms with E-state index < -0.39 is 10.0 Å². The van der Waals surface area contributed by atoms with Gasteiger partial charge in [-0.15, -0.1) is 22.7 Å². The van der Waals surface area contributed by atoms with Crippen LogP contribution < -0.4 is 10.5 Å². The Labute approximate surface area is 124 Å². The highest BCUT2D eigenvalue weighted by Gasteiger charge is 2.19. The van der Waals surface area contributed by atoms with E-state index >= 15 is 0 Å². The predicted octanol–water partition coefficient (Wildman–Crippen LogP) is 2.26. The molecule has 0 aliphatic carbocycles. The van der Waals surface area contributed by atoms with Crippen LogP contribution >= 0.6 is 34.9 Å². The number of aryl methyl sites for hydroxylation is 2. The lowest BCUT2D eigenvalue weighted by molar-refractivity contribution is 0.603. The minimum absolute atomic E-state index is 0.167. The molecule has 0 radical (unpaired) electrons. The molecule has 2 heterocycles. The van der Waals surface area contributed by atoms with Gasteiger partial charge in [0.15, 0.2) is 5.13 Å². The van der Waals surface area contributed by atoms with Crippen molar-refractivity contribution < 1.29 is 8.42 Å². The number of sulfonamides is 1. The van der Waals surface area contributed by atoms with E-state index in [1.165, 1.54) is 17.4 Å². The second kappa shape index (κ2) is 5.16. The van der Waals surface area contributed by atoms with Gasteiger partial charge in [-0.25, -0.2) is 13.4 Å². The van der Waals surface area contributed by atoms with Gasteiger partial charge in [0.2, 0.25) is 0 Å². The van der Waals surface area contributed by atoms with Crippen molar-refractivity contribution >= 4 is 55.0 Å². The summed E-state index contributed by atoms with van der Waals surface area (Å²) in [4.78, 5) is 5.88. The van der Waals surface area contributed by atoms with Crippen molar-refractivity contribution in [3.63, 3.8) is 0 Å². The minimum Gasteiger partial charge on any atom is -0.389 e. The van der Waals surface area contributed by atoms with Crippen molar-refractivity contribution in [3.05, 3.63) is 27.6 Å². The fourth-order valence-electron chi connectivity index (χ4n) is 1.28. The molecule has 0 spiro atoms. The molecule has 0 aromatic carbocycles. The number of thiocarbonyl (C=S) groups is 1. The number of anilines is 1. The zero-order valence-corrected chi connectivity index (χ0v) is 13.4. The summed E-state index contributed by atoms with van der Waals surface area (Å²) in [6, 6.07) is 3.08. The molecule has 0 unspecified atom stereocenters. The third-order valence-corrected chi connectivity index (χ3v) is 6.76. The molecule has 102 valence electrons. The van der Waals surface area contributed by atoms with E-state index in [0.717, 1.165) is 21.9 Å². The maximum absolute atomic E-state index is 12.1. The van der Waals surface area contributed by atoms with Crippen molar-refractivity contribution in [2.75, 3.05) is 4.72 Å². The molecule has 2 aromatic heterocycles. The van der Waals surface area contributed by atoms with Gasteiger partial charge < -0.3 is 5.73 Å². The fourth-order valence-corrected chi connectivity index (χ4v) is 4.68. The molecule has 0 fully saturated rings. The van der Waals surface area contributed by atoms with Gasteiger partial charge in [0.05, 0.1) is 10.6 Å². The van der Waals surface area contributed by atoms with E-state index in [9.17, 15) is 8.42 Å². The molecule has 0 atom stereocenters. The molecule has 19 heavy (non-hydrogen) atoms. The van der Waals surface area contributed by atoms with Crippen molar-refractivity contribution in [2.24, 2.45) is 5.73 Å². The van der Waals surface area contributed by atoms with E-state index in [1.807, 2.05) is 13.8 Å². The Morgan fingerprint density at radius 2 is 2.05 bits per heavy atom. The van der Waals surface area contributed by atoms with Crippen LogP contribution in [0, 0.1) is 13.8 Å². The maximum atomic E-state index is 12.1. The third kappa shape index (κ3) is 3.11. The van der Waals surface area contributed by atoms with Crippen LogP contribution in [0.3, 0.4) is 0 Å². The zero-order chi connectivity index (χ0) is 14.2. The van der Waals surface area contributed by atoms with Crippen LogP contribution in [-0.2, 0) is 10.0 Å². The van der Waals surface area contributed by atoms with E-state index in [2.05, 4.69) is 9.71 Å². The van der Waals surface area contributed by atoms with Crippen molar-refractivity contribution in [1.82, 2.24) is 4.98 Å². The van der Waals surface area contributed by atoms with Crippen LogP contribution in [0.2, 0.25) is 0 Å². The Morgan fingerprint density at radius 3 is 2.53 bits per heavy atom. The maximum Gasteiger partial charge on any atom is 0.273 e. The molecular weight excluding hydrogens is 322 g/mol. The van der Waals surface area contributed by atoms with Gasteiger partial charge >= 0.3 is 0 Å². The van der Waals surface area contributed by atoms with Crippen molar-refractivity contribution in [2.45, 2.75) is 18.1 Å². The van der Waals surface area contributed by atoms with Gasteiger partial charge in [-0.1, -0.05) is 12.2 Å². The number of thiazole rings is 1. The third-order valence-electron chi connectivity index (χ3n) is 2.34. The van der Waals surface area contributed by atoms with E-state index in [4.69, 9.17) is 18.0 Å². The first kappa shape index (κ1) is 14.4. The average Bonchev–Trinajstić information content (AvgIpc) is 2.86. The number of aromatic nitrogens is 1. The smallest absolute Gasteiger partial charge is 0.273 e. The fraction of sp³-hybridized carbons (Fsp3) is 0.200. The standard InChI is InChI=1S/C10H11N3O2S4/c1-5-6(2)17-10(12-5)13-19(14,15)8-4-3-7(18-8)9(11)16/h3-4H,1-2H3,(H2,11,16)(H,12,13). The lowest BCUT2D eigenvalue weighted by Crippen LogP contribution is -2.11. The predicted molar refractivity (Wildman–Crippen MR) is 82.6 cm³/mol. The first-order valence-electron chi connectivity index (χ1n) is 5.16. The Balaban J connectivity index is 2.29. The van der Waals surface area contributed by atoms with Crippen LogP contribution in [0.1, 0.15) is 15.4 Å². The highest BCUT2D eigenvalue weighted by atomic mass is 32.2. The number of thiophene rings is 1. The summed E-state index contributed by atoms with van der Waals surface area (Å²) in [5.41, 5.74) is 6.28. The Hall–Kier alpha value is -1.03. The van der Waals surface area contributed by atoms with Crippen molar-refractivity contribution in [3.8, 4) is 0 Å². The zero-order valence-electron chi connectivity index (χ0n) is 10.1. The molecule has 0 aliphatic rings. The second-order valence-corrected chi connectivity index (χ2v) is 8.39. The average molecular weight is 333 g/mol. The quantitative estimate of drug-likeness (QED) is 0.838. The molecule has 3 N–H and O–H groups in total. The summed E-state index contributed by atoms with van der Waals surface area (Å²) >= 11 is 7.15. The number of nitrogens with one attached hydrogen (secondary N) is 1. The minimum atomic E-state index is -3.63. The molecule has 0 aliphatic heterocycles. The van der Waals surface area contributed by atoms with E-state index in [1.54, 1.807) is 6.07 Å². The number of hydrogen-bond acceptors (Lipinski definition) is 6. The molecule has 0 amide bonds. The molecule has 0 saturated heterocycles. The number of rotatable bonds is 4. The first-order valence-corrected chi connectivity index (χ1v) is 8.68. The largest absolute Gasteiger partial charge is 0.389 e. The monoisotopic (exact) mass is 333 g/mol. The highest BCUT2D eigenvalue weighted by Crippen LogP contribution is 2.27. The van der Waals surface area contributed by atoms with Crippen LogP contribution in [-0.4, -0.2) is 18.4 Å². The summed E-state index contributed by atoms with van der Waals surface area (Å²) in [6.07, 6.45) is 0. The Bertz CT molecular complexity index is 710. The molecule has 0 saturated carbocycles. The molecule has 5 nitrogen and oxygen atoms in total. The number of nitrogens with zero attached hydrogens (tertiary/aromatic N) is 1. The van der Waals surface area contributed by atoms with Gasteiger partial charge in [-0.3, -0.25) is 4.72 Å². The summed E-state index contributed by atoms with van der Waals surface area (Å²) in [6.45, 7) is 3.72. The molecular formula is C10H11N3O2S4. The normalized spacial score (nSPS) is 11.5. The number of nitrogens with two attached hydrogens (primary N) is 1. The second-order valence-electron chi connectivity index (χ2n) is 3.75. The summed E-state index contributed by atoms with van der Waals surface area (Å²) in [7, 11) is -3.63. The topological polar surface area (TPSA) is 85.1 Å². The first-order chi connectivity index (χ1) is 8.79. The van der Waals surface area contributed by atoms with Crippen LogP contribution in [0.4, 0.5) is 5.13 Å². The molecule has 0 bridgehead atoms. The van der Waals surface area contributed by atoms with Gasteiger partial charge in [-0.05, 0) is 26.0 Å². The van der Waals surface area contributed by atoms with Gasteiger partial charge in [0, 0.05) is 4.88 Å². The number of hydrogen-bond donors (Lipinski definition) is 2. The molecule has 9 heteroatoms. The van der Waals surface area contributed by atoms with Crippen LogP contribution in [0.5, 0.6) is 0 Å². The summed E-state index contributed by atoms with van der Waals surface area (Å²) in [5.74, 6) is 0. The van der Waals surface area contributed by atoms with E-state index in [0.29, 0.717) is 10.0 Å². The van der Waals surface area contributed by atoms with Gasteiger partial charge in [-0.2, -0.15) is 0 Å². The van der Waals surface area contributed by atoms with Gasteiger partial charge in [0.1, 0.15) is 9.20 Å². The lowest BCUT2D eigenvalue weighted by Gasteiger charge is -2.01. The van der Waals surface area contributed by atoms with Crippen molar-refractivity contribution in [1.29, 1.82) is 0 Å². The molecule has 2 aromatic rings. The van der Waals surface area contributed by atoms with Crippen LogP contribution in [0.25, 0.3) is 0 Å². The van der Waals surface area contributed by atoms with Gasteiger partial charge in [0.25, 0.3) is 10.0 Å². The summed E-state index contributed by atoms with van der Waals surface area (Å²) in [5, 5.41) is 0.361. The Morgan fingerprint density at radius 1 is 1.37 bits per heavy atom. The summed E-state index contributed by atoms with van der Waals surface area (Å²) < 4.78 is 26.9. The highest BCUT2D eigenvalue weighted by molar-refractivity contribution is 7.95. The lowest BCUT2D eigenvalue weighted by atomic mass is 10.4.